The number of hydrogen-bond acceptors (Lipinski definition) is 4. The monoisotopic (exact) mass is 448 g/mol. The van der Waals surface area contributed by atoms with Crippen molar-refractivity contribution in [2.24, 2.45) is 0 Å². The summed E-state index contributed by atoms with van der Waals surface area (Å²) < 4.78 is 32.9. The summed E-state index contributed by atoms with van der Waals surface area (Å²) in [4.78, 5) is 21.6. The molecule has 0 saturated carbocycles. The quantitative estimate of drug-likeness (QED) is 0.382. The van der Waals surface area contributed by atoms with E-state index in [1.54, 1.807) is 36.3 Å². The molecule has 4 aromatic rings. The van der Waals surface area contributed by atoms with E-state index in [2.05, 4.69) is 16.0 Å². The second-order valence-corrected chi connectivity index (χ2v) is 8.54. The van der Waals surface area contributed by atoms with Crippen LogP contribution in [-0.4, -0.2) is 28.8 Å². The normalized spacial score (nSPS) is 12.6. The van der Waals surface area contributed by atoms with Crippen LogP contribution in [0.4, 0.5) is 8.78 Å². The maximum atomic E-state index is 14.1. The fourth-order valence-electron chi connectivity index (χ4n) is 4.04. The number of esters is 1. The first-order chi connectivity index (χ1) is 15.6. The van der Waals surface area contributed by atoms with Gasteiger partial charge >= 0.3 is 5.97 Å². The van der Waals surface area contributed by atoms with Crippen molar-refractivity contribution in [3.8, 4) is 33.6 Å². The van der Waals surface area contributed by atoms with Gasteiger partial charge in [-0.1, -0.05) is 6.07 Å². The number of pyridine rings is 1. The van der Waals surface area contributed by atoms with Crippen molar-refractivity contribution in [3.63, 3.8) is 0 Å². The first kappa shape index (κ1) is 20.5. The number of carbonyl (C=O) groups excluding carboxylic acids is 1. The number of benzene rings is 2. The standard InChI is InChI=1S/C25H18F2N2O2S/c1-31-25(30)22-21(14-6-9-28-10-7-14)23(17-2-4-18(26)19(27)13-17)29-24(22)16-3-5-20-15(12-16)8-11-32-20/h2-7,9-10,12-13,29H,8,11H2,1H3. The van der Waals surface area contributed by atoms with Gasteiger partial charge in [0.1, 0.15) is 0 Å². The summed E-state index contributed by atoms with van der Waals surface area (Å²) in [6, 6.07) is 13.3. The van der Waals surface area contributed by atoms with Gasteiger partial charge in [-0.3, -0.25) is 4.98 Å². The number of carbonyl (C=O) groups is 1. The highest BCUT2D eigenvalue weighted by Crippen LogP contribution is 2.42. The molecule has 5 rings (SSSR count). The van der Waals surface area contributed by atoms with Crippen molar-refractivity contribution in [1.29, 1.82) is 0 Å². The molecule has 0 aliphatic carbocycles. The van der Waals surface area contributed by atoms with Crippen LogP contribution >= 0.6 is 11.8 Å². The molecule has 1 N–H and O–H groups in total. The first-order valence-electron chi connectivity index (χ1n) is 10.0. The third kappa shape index (κ3) is 3.48. The van der Waals surface area contributed by atoms with Crippen LogP contribution in [0.1, 0.15) is 15.9 Å². The molecule has 160 valence electrons. The summed E-state index contributed by atoms with van der Waals surface area (Å²) in [6.07, 6.45) is 4.19. The molecule has 32 heavy (non-hydrogen) atoms. The van der Waals surface area contributed by atoms with E-state index in [-0.39, 0.29) is 0 Å². The topological polar surface area (TPSA) is 55.0 Å². The Balaban J connectivity index is 1.82. The highest BCUT2D eigenvalue weighted by Gasteiger charge is 2.27. The predicted octanol–water partition coefficient (Wildman–Crippen LogP) is 6.12. The van der Waals surface area contributed by atoms with Crippen LogP contribution in [0, 0.1) is 11.6 Å². The Kier molecular flexibility index (Phi) is 5.27. The number of aromatic amines is 1. The number of halogens is 2. The van der Waals surface area contributed by atoms with Crippen molar-refractivity contribution < 1.29 is 18.3 Å². The highest BCUT2D eigenvalue weighted by atomic mass is 32.2. The molecule has 0 amide bonds. The zero-order valence-electron chi connectivity index (χ0n) is 17.1. The summed E-state index contributed by atoms with van der Waals surface area (Å²) in [5.41, 5.74) is 5.14. The Morgan fingerprint density at radius 2 is 1.72 bits per heavy atom. The molecule has 2 aromatic heterocycles. The Hall–Kier alpha value is -3.45. The maximum Gasteiger partial charge on any atom is 0.340 e. The van der Waals surface area contributed by atoms with E-state index in [0.717, 1.165) is 29.9 Å². The Labute approximate surface area is 187 Å². The van der Waals surface area contributed by atoms with E-state index in [1.807, 2.05) is 12.1 Å². The zero-order chi connectivity index (χ0) is 22.2. The van der Waals surface area contributed by atoms with Gasteiger partial charge in [0.15, 0.2) is 11.6 Å². The van der Waals surface area contributed by atoms with Gasteiger partial charge in [0.25, 0.3) is 0 Å². The lowest BCUT2D eigenvalue weighted by atomic mass is 9.95. The van der Waals surface area contributed by atoms with Crippen molar-refractivity contribution in [2.75, 3.05) is 12.9 Å². The molecule has 0 bridgehead atoms. The summed E-state index contributed by atoms with van der Waals surface area (Å²) in [6.45, 7) is 0. The molecule has 1 aliphatic rings. The van der Waals surface area contributed by atoms with Crippen molar-refractivity contribution >= 4 is 17.7 Å². The Morgan fingerprint density at radius 3 is 2.47 bits per heavy atom. The number of hydrogen-bond donors (Lipinski definition) is 1. The molecule has 1 aliphatic heterocycles. The van der Waals surface area contributed by atoms with Crippen LogP contribution < -0.4 is 0 Å². The van der Waals surface area contributed by atoms with Gasteiger partial charge < -0.3 is 9.72 Å². The number of aryl methyl sites for hydroxylation is 1. The maximum absolute atomic E-state index is 14.1. The number of rotatable bonds is 4. The number of nitrogens with one attached hydrogen (secondary N) is 1. The van der Waals surface area contributed by atoms with Gasteiger partial charge in [-0.15, -0.1) is 11.8 Å². The van der Waals surface area contributed by atoms with Crippen molar-refractivity contribution in [1.82, 2.24) is 9.97 Å². The third-order valence-electron chi connectivity index (χ3n) is 5.54. The van der Waals surface area contributed by atoms with Gasteiger partial charge in [0.05, 0.1) is 24.1 Å². The lowest BCUT2D eigenvalue weighted by molar-refractivity contribution is 0.0602. The van der Waals surface area contributed by atoms with Crippen molar-refractivity contribution in [2.45, 2.75) is 11.3 Å². The van der Waals surface area contributed by atoms with E-state index in [0.29, 0.717) is 33.6 Å². The van der Waals surface area contributed by atoms with Crippen LogP contribution in [0.3, 0.4) is 0 Å². The minimum Gasteiger partial charge on any atom is -0.465 e. The summed E-state index contributed by atoms with van der Waals surface area (Å²) in [5.74, 6) is -1.40. The van der Waals surface area contributed by atoms with E-state index in [9.17, 15) is 13.6 Å². The third-order valence-corrected chi connectivity index (χ3v) is 6.66. The second-order valence-electron chi connectivity index (χ2n) is 7.40. The second kappa shape index (κ2) is 8.24. The fraction of sp³-hybridized carbons (Fsp3) is 0.120. The van der Waals surface area contributed by atoms with Gasteiger partial charge in [-0.25, -0.2) is 13.6 Å². The largest absolute Gasteiger partial charge is 0.465 e. The summed E-state index contributed by atoms with van der Waals surface area (Å²) in [7, 11) is 1.33. The minimum absolute atomic E-state index is 0.337. The van der Waals surface area contributed by atoms with Crippen LogP contribution in [-0.2, 0) is 11.2 Å². The molecular weight excluding hydrogens is 430 g/mol. The summed E-state index contributed by atoms with van der Waals surface area (Å²) in [5, 5.41) is 0. The predicted molar refractivity (Wildman–Crippen MR) is 121 cm³/mol. The molecule has 0 fully saturated rings. The first-order valence-corrected chi connectivity index (χ1v) is 11.0. The number of aromatic nitrogens is 2. The van der Waals surface area contributed by atoms with Crippen LogP contribution in [0.2, 0.25) is 0 Å². The van der Waals surface area contributed by atoms with Gasteiger partial charge in [0.2, 0.25) is 0 Å². The molecule has 0 spiro atoms. The number of fused-ring (bicyclic) bond motifs is 1. The highest BCUT2D eigenvalue weighted by molar-refractivity contribution is 7.99. The van der Waals surface area contributed by atoms with E-state index in [4.69, 9.17) is 4.74 Å². The molecular formula is C25H18F2N2O2S. The average molecular weight is 448 g/mol. The molecule has 0 unspecified atom stereocenters. The van der Waals surface area contributed by atoms with E-state index >= 15 is 0 Å². The van der Waals surface area contributed by atoms with Gasteiger partial charge in [0, 0.05) is 34.2 Å². The Bertz CT molecular complexity index is 1340. The lowest BCUT2D eigenvalue weighted by Gasteiger charge is -2.09. The van der Waals surface area contributed by atoms with E-state index in [1.165, 1.54) is 23.6 Å². The van der Waals surface area contributed by atoms with E-state index < -0.39 is 17.6 Å². The molecule has 3 heterocycles. The SMILES string of the molecule is COC(=O)c1c(-c2ccc3c(c2)CCS3)[nH]c(-c2ccc(F)c(F)c2)c1-c1ccncc1. The van der Waals surface area contributed by atoms with Gasteiger partial charge in [-0.05, 0) is 65.6 Å². The molecule has 0 atom stereocenters. The number of methoxy groups -OCH3 is 1. The number of thioether (sulfide) groups is 1. The summed E-state index contributed by atoms with van der Waals surface area (Å²) >= 11 is 1.81. The molecule has 2 aromatic carbocycles. The van der Waals surface area contributed by atoms with Gasteiger partial charge in [-0.2, -0.15) is 0 Å². The lowest BCUT2D eigenvalue weighted by Crippen LogP contribution is -2.04. The minimum atomic E-state index is -0.964. The Morgan fingerprint density at radius 1 is 0.969 bits per heavy atom. The fourth-order valence-corrected chi connectivity index (χ4v) is 5.09. The number of H-pyrrole nitrogens is 1. The molecule has 0 saturated heterocycles. The number of nitrogens with zero attached hydrogens (tertiary/aromatic N) is 1. The molecule has 0 radical (unpaired) electrons. The molecule has 4 nitrogen and oxygen atoms in total. The van der Waals surface area contributed by atoms with Crippen molar-refractivity contribution in [3.05, 3.63) is 83.7 Å². The number of ether oxygens (including phenoxy) is 1. The van der Waals surface area contributed by atoms with Crippen LogP contribution in [0.25, 0.3) is 33.6 Å². The molecule has 7 heteroatoms. The average Bonchev–Trinajstić information content (AvgIpc) is 3.45. The smallest absolute Gasteiger partial charge is 0.340 e. The zero-order valence-corrected chi connectivity index (χ0v) is 17.9. The van der Waals surface area contributed by atoms with Crippen LogP contribution in [0.15, 0.2) is 65.8 Å². The van der Waals surface area contributed by atoms with Crippen LogP contribution in [0.5, 0.6) is 0 Å².